The summed E-state index contributed by atoms with van der Waals surface area (Å²) in [5.41, 5.74) is -0.587. The van der Waals surface area contributed by atoms with Crippen molar-refractivity contribution in [3.8, 4) is 0 Å². The Morgan fingerprint density at radius 2 is 1.85 bits per heavy atom. The van der Waals surface area contributed by atoms with Gasteiger partial charge in [-0.2, -0.15) is 0 Å². The molecule has 0 unspecified atom stereocenters. The largest absolute Gasteiger partial charge is 0.338 e. The van der Waals surface area contributed by atoms with Gasteiger partial charge in [-0.25, -0.2) is 17.9 Å². The molecule has 0 aromatic heterocycles. The molecule has 2 aliphatic rings. The molecule has 2 fully saturated rings. The normalized spacial score (nSPS) is 18.9. The maximum absolute atomic E-state index is 12.6. The Balaban J connectivity index is 1.66. The SMILES string of the molecule is C=CCNS(=O)(=O)c1ccc(C(=O)N2CCC3(CC2)NC(=O)NC3=O)cc1. The average Bonchev–Trinajstić information content (AvgIpc) is 2.93. The molecule has 1 spiro atoms. The van der Waals surface area contributed by atoms with E-state index < -0.39 is 21.6 Å². The van der Waals surface area contributed by atoms with Crippen molar-refractivity contribution < 1.29 is 22.8 Å². The van der Waals surface area contributed by atoms with Crippen molar-refractivity contribution >= 4 is 27.9 Å². The van der Waals surface area contributed by atoms with Gasteiger partial charge in [0, 0.05) is 25.2 Å². The number of likely N-dealkylation sites (tertiary alicyclic amines) is 1. The van der Waals surface area contributed by atoms with E-state index in [9.17, 15) is 22.8 Å². The van der Waals surface area contributed by atoms with Crippen molar-refractivity contribution in [2.24, 2.45) is 0 Å². The minimum absolute atomic E-state index is 0.0591. The van der Waals surface area contributed by atoms with Crippen LogP contribution in [0.4, 0.5) is 4.79 Å². The molecule has 4 amide bonds. The summed E-state index contributed by atoms with van der Waals surface area (Å²) >= 11 is 0. The second kappa shape index (κ2) is 7.12. The first-order chi connectivity index (χ1) is 12.8. The van der Waals surface area contributed by atoms with Gasteiger partial charge in [-0.3, -0.25) is 14.9 Å². The molecule has 0 radical (unpaired) electrons. The molecule has 0 atom stereocenters. The van der Waals surface area contributed by atoms with Gasteiger partial charge in [-0.05, 0) is 37.1 Å². The quantitative estimate of drug-likeness (QED) is 0.479. The van der Waals surface area contributed by atoms with Gasteiger partial charge in [0.15, 0.2) is 0 Å². The third-order valence-electron chi connectivity index (χ3n) is 4.75. The van der Waals surface area contributed by atoms with Crippen LogP contribution < -0.4 is 15.4 Å². The molecule has 0 aliphatic carbocycles. The summed E-state index contributed by atoms with van der Waals surface area (Å²) in [7, 11) is -3.65. The lowest BCUT2D eigenvalue weighted by Crippen LogP contribution is -2.55. The Kier molecular flexibility index (Phi) is 5.03. The van der Waals surface area contributed by atoms with Crippen LogP contribution >= 0.6 is 0 Å². The second-order valence-corrected chi connectivity index (χ2v) is 8.21. The van der Waals surface area contributed by atoms with Crippen LogP contribution in [-0.2, 0) is 14.8 Å². The summed E-state index contributed by atoms with van der Waals surface area (Å²) in [6.07, 6.45) is 2.09. The lowest BCUT2D eigenvalue weighted by atomic mass is 9.87. The minimum Gasteiger partial charge on any atom is -0.338 e. The van der Waals surface area contributed by atoms with Gasteiger partial charge in [0.05, 0.1) is 4.90 Å². The highest BCUT2D eigenvalue weighted by Crippen LogP contribution is 2.26. The summed E-state index contributed by atoms with van der Waals surface area (Å²) in [4.78, 5) is 37.6. The monoisotopic (exact) mass is 392 g/mol. The van der Waals surface area contributed by atoms with Gasteiger partial charge in [0.2, 0.25) is 10.0 Å². The predicted octanol–water partition coefficient (Wildman–Crippen LogP) is -0.0349. The molecule has 2 heterocycles. The molecule has 3 rings (SSSR count). The van der Waals surface area contributed by atoms with E-state index >= 15 is 0 Å². The molecule has 0 saturated carbocycles. The maximum atomic E-state index is 12.6. The van der Waals surface area contributed by atoms with Crippen LogP contribution in [-0.4, -0.2) is 56.3 Å². The topological polar surface area (TPSA) is 125 Å². The number of hydrogen-bond acceptors (Lipinski definition) is 5. The highest BCUT2D eigenvalue weighted by Gasteiger charge is 2.48. The Morgan fingerprint density at radius 1 is 1.22 bits per heavy atom. The van der Waals surface area contributed by atoms with Crippen molar-refractivity contribution in [2.75, 3.05) is 19.6 Å². The second-order valence-electron chi connectivity index (χ2n) is 6.45. The van der Waals surface area contributed by atoms with Gasteiger partial charge in [0.1, 0.15) is 5.54 Å². The Hall–Kier alpha value is -2.72. The van der Waals surface area contributed by atoms with E-state index in [1.165, 1.54) is 30.3 Å². The van der Waals surface area contributed by atoms with Crippen LogP contribution in [0.5, 0.6) is 0 Å². The number of carbonyl (C=O) groups excluding carboxylic acids is 3. The first kappa shape index (κ1) is 19.1. The van der Waals surface area contributed by atoms with E-state index in [1.807, 2.05) is 0 Å². The molecule has 9 nitrogen and oxygen atoms in total. The minimum atomic E-state index is -3.65. The van der Waals surface area contributed by atoms with Crippen LogP contribution in [0.1, 0.15) is 23.2 Å². The number of benzene rings is 1. The van der Waals surface area contributed by atoms with Gasteiger partial charge in [-0.1, -0.05) is 6.08 Å². The van der Waals surface area contributed by atoms with Crippen LogP contribution in [0, 0.1) is 0 Å². The fraction of sp³-hybridized carbons (Fsp3) is 0.353. The van der Waals surface area contributed by atoms with Gasteiger partial charge in [-0.15, -0.1) is 6.58 Å². The Bertz CT molecular complexity index is 886. The van der Waals surface area contributed by atoms with Crippen molar-refractivity contribution in [3.63, 3.8) is 0 Å². The van der Waals surface area contributed by atoms with Crippen LogP contribution in [0.25, 0.3) is 0 Å². The zero-order valence-corrected chi connectivity index (χ0v) is 15.3. The third kappa shape index (κ3) is 3.71. The number of imide groups is 1. The van der Waals surface area contributed by atoms with E-state index in [1.54, 1.807) is 4.90 Å². The summed E-state index contributed by atoms with van der Waals surface area (Å²) in [5.74, 6) is -0.612. The third-order valence-corrected chi connectivity index (χ3v) is 6.19. The molecule has 10 heteroatoms. The predicted molar refractivity (Wildman–Crippen MR) is 96.4 cm³/mol. The molecule has 1 aromatic rings. The highest BCUT2D eigenvalue weighted by molar-refractivity contribution is 7.89. The van der Waals surface area contributed by atoms with E-state index in [4.69, 9.17) is 0 Å². The number of hydrogen-bond donors (Lipinski definition) is 3. The summed E-state index contributed by atoms with van der Waals surface area (Å²) < 4.78 is 26.5. The first-order valence-electron chi connectivity index (χ1n) is 8.41. The molecule has 0 bridgehead atoms. The molecular weight excluding hydrogens is 372 g/mol. The Morgan fingerprint density at radius 3 is 2.37 bits per heavy atom. The van der Waals surface area contributed by atoms with E-state index in [-0.39, 0.29) is 23.3 Å². The molecule has 1 aromatic carbocycles. The zero-order chi connectivity index (χ0) is 19.7. The van der Waals surface area contributed by atoms with E-state index in [0.29, 0.717) is 31.5 Å². The van der Waals surface area contributed by atoms with Crippen LogP contribution in [0.3, 0.4) is 0 Å². The molecule has 27 heavy (non-hydrogen) atoms. The number of rotatable bonds is 5. The van der Waals surface area contributed by atoms with E-state index in [2.05, 4.69) is 21.9 Å². The standard InChI is InChI=1S/C17H20N4O5S/c1-2-9-18-27(25,26)13-5-3-12(4-6-13)14(22)21-10-7-17(8-11-21)15(23)19-16(24)20-17/h2-6,18H,1,7-11H2,(H2,19,20,23,24). The van der Waals surface area contributed by atoms with Gasteiger partial charge in [0.25, 0.3) is 11.8 Å². The summed E-state index contributed by atoms with van der Waals surface area (Å²) in [6, 6.07) is 5.14. The fourth-order valence-corrected chi connectivity index (χ4v) is 4.18. The van der Waals surface area contributed by atoms with Crippen molar-refractivity contribution in [2.45, 2.75) is 23.3 Å². The average molecular weight is 392 g/mol. The number of sulfonamides is 1. The number of piperidine rings is 1. The molecular formula is C17H20N4O5S. The van der Waals surface area contributed by atoms with Gasteiger partial charge < -0.3 is 10.2 Å². The first-order valence-corrected chi connectivity index (χ1v) is 9.89. The lowest BCUT2D eigenvalue weighted by molar-refractivity contribution is -0.125. The number of urea groups is 1. The number of carbonyl (C=O) groups is 3. The molecule has 2 saturated heterocycles. The zero-order valence-electron chi connectivity index (χ0n) is 14.5. The Labute approximate surface area is 156 Å². The summed E-state index contributed by atoms with van der Waals surface area (Å²) in [5, 5.41) is 4.87. The number of amides is 4. The fourth-order valence-electron chi connectivity index (χ4n) is 3.18. The molecule has 2 aliphatic heterocycles. The van der Waals surface area contributed by atoms with Crippen molar-refractivity contribution in [1.82, 2.24) is 20.3 Å². The maximum Gasteiger partial charge on any atom is 0.322 e. The van der Waals surface area contributed by atoms with Crippen molar-refractivity contribution in [1.29, 1.82) is 0 Å². The number of nitrogens with zero attached hydrogens (tertiary/aromatic N) is 1. The molecule has 144 valence electrons. The van der Waals surface area contributed by atoms with E-state index in [0.717, 1.165) is 0 Å². The number of nitrogens with one attached hydrogen (secondary N) is 3. The highest BCUT2D eigenvalue weighted by atomic mass is 32.2. The molecule has 3 N–H and O–H groups in total. The smallest absolute Gasteiger partial charge is 0.322 e. The van der Waals surface area contributed by atoms with Crippen molar-refractivity contribution in [3.05, 3.63) is 42.5 Å². The summed E-state index contributed by atoms with van der Waals surface area (Å²) in [6.45, 7) is 4.20. The van der Waals surface area contributed by atoms with Gasteiger partial charge >= 0.3 is 6.03 Å². The van der Waals surface area contributed by atoms with Crippen LogP contribution in [0.2, 0.25) is 0 Å². The van der Waals surface area contributed by atoms with Crippen LogP contribution in [0.15, 0.2) is 41.8 Å². The lowest BCUT2D eigenvalue weighted by Gasteiger charge is -2.37.